The fourth-order valence-electron chi connectivity index (χ4n) is 2.55. The number of rotatable bonds is 2. The van der Waals surface area contributed by atoms with E-state index in [-0.39, 0.29) is 5.91 Å². The molecule has 0 saturated heterocycles. The van der Waals surface area contributed by atoms with Gasteiger partial charge in [-0.15, -0.1) is 11.3 Å². The largest absolute Gasteiger partial charge is 0.479 e. The normalized spacial score (nSPS) is 17.6. The molecule has 3 heterocycles. The molecule has 1 amide bonds. The molecule has 6 nitrogen and oxygen atoms in total. The van der Waals surface area contributed by atoms with E-state index in [0.29, 0.717) is 34.2 Å². The maximum absolute atomic E-state index is 12.7. The molecular formula is C13H13N3O3S2. The number of aryl methyl sites for hydroxylation is 1. The zero-order valence-electron chi connectivity index (χ0n) is 11.2. The van der Waals surface area contributed by atoms with Gasteiger partial charge in [-0.25, -0.2) is 9.78 Å². The molecular weight excluding hydrogens is 310 g/mol. The number of amides is 1. The van der Waals surface area contributed by atoms with Crippen molar-refractivity contribution < 1.29 is 14.7 Å². The minimum atomic E-state index is -1.02. The molecule has 3 N–H and O–H groups in total. The van der Waals surface area contributed by atoms with Crippen LogP contribution in [-0.2, 0) is 11.2 Å². The molecule has 0 aromatic carbocycles. The number of carboxylic acid groups (broad SMARTS) is 1. The molecule has 1 atom stereocenters. The molecule has 8 heteroatoms. The topological polar surface area (TPSA) is 96.5 Å². The molecule has 0 fully saturated rings. The Balaban J connectivity index is 2.00. The Morgan fingerprint density at radius 2 is 2.29 bits per heavy atom. The fourth-order valence-corrected chi connectivity index (χ4v) is 4.24. The van der Waals surface area contributed by atoms with Crippen LogP contribution in [0.25, 0.3) is 0 Å². The van der Waals surface area contributed by atoms with Gasteiger partial charge in [-0.1, -0.05) is 11.3 Å². The van der Waals surface area contributed by atoms with E-state index in [9.17, 15) is 14.7 Å². The van der Waals surface area contributed by atoms with Crippen LogP contribution < -0.4 is 5.73 Å². The number of thiazole rings is 1. The van der Waals surface area contributed by atoms with Gasteiger partial charge in [0.1, 0.15) is 4.88 Å². The summed E-state index contributed by atoms with van der Waals surface area (Å²) in [5, 5.41) is 11.7. The highest BCUT2D eigenvalue weighted by atomic mass is 32.1. The minimum Gasteiger partial charge on any atom is -0.479 e. The molecule has 1 aliphatic rings. The third-order valence-corrected chi connectivity index (χ3v) is 5.44. The number of nitrogens with two attached hydrogens (primary N) is 1. The highest BCUT2D eigenvalue weighted by molar-refractivity contribution is 7.17. The monoisotopic (exact) mass is 323 g/mol. The molecule has 1 aliphatic heterocycles. The summed E-state index contributed by atoms with van der Waals surface area (Å²) in [6.07, 6.45) is 0.676. The third-order valence-electron chi connectivity index (χ3n) is 3.47. The first-order valence-electron chi connectivity index (χ1n) is 6.32. The highest BCUT2D eigenvalue weighted by Crippen LogP contribution is 2.35. The van der Waals surface area contributed by atoms with Crippen molar-refractivity contribution in [3.8, 4) is 0 Å². The van der Waals surface area contributed by atoms with Crippen molar-refractivity contribution in [2.75, 3.05) is 12.3 Å². The summed E-state index contributed by atoms with van der Waals surface area (Å²) in [5.74, 6) is -1.33. The number of carbonyl (C=O) groups excluding carboxylic acids is 1. The number of aliphatic carboxylic acids is 1. The lowest BCUT2D eigenvalue weighted by Crippen LogP contribution is -2.43. The van der Waals surface area contributed by atoms with Gasteiger partial charge in [-0.2, -0.15) is 0 Å². The van der Waals surface area contributed by atoms with Gasteiger partial charge >= 0.3 is 5.97 Å². The summed E-state index contributed by atoms with van der Waals surface area (Å²) in [6.45, 7) is 2.09. The number of thiophene rings is 1. The number of carbonyl (C=O) groups is 2. The second-order valence-electron chi connectivity index (χ2n) is 4.76. The molecule has 110 valence electrons. The van der Waals surface area contributed by atoms with Gasteiger partial charge in [0.25, 0.3) is 5.91 Å². The van der Waals surface area contributed by atoms with Crippen LogP contribution in [0, 0.1) is 6.92 Å². The third kappa shape index (κ3) is 2.30. The van der Waals surface area contributed by atoms with Gasteiger partial charge in [0.05, 0.1) is 5.69 Å². The summed E-state index contributed by atoms with van der Waals surface area (Å²) in [5.41, 5.74) is 6.88. The van der Waals surface area contributed by atoms with Crippen LogP contribution in [0.15, 0.2) is 11.4 Å². The van der Waals surface area contributed by atoms with E-state index in [4.69, 9.17) is 5.73 Å². The van der Waals surface area contributed by atoms with Crippen LogP contribution in [0.5, 0.6) is 0 Å². The number of aromatic nitrogens is 1. The number of anilines is 1. The fraction of sp³-hybridized carbons (Fsp3) is 0.308. The molecule has 0 spiro atoms. The molecule has 21 heavy (non-hydrogen) atoms. The van der Waals surface area contributed by atoms with E-state index in [2.05, 4.69) is 4.98 Å². The van der Waals surface area contributed by atoms with Crippen molar-refractivity contribution >= 4 is 39.7 Å². The molecule has 0 saturated carbocycles. The van der Waals surface area contributed by atoms with E-state index >= 15 is 0 Å². The maximum atomic E-state index is 12.7. The Morgan fingerprint density at radius 1 is 1.52 bits per heavy atom. The molecule has 2 aromatic heterocycles. The van der Waals surface area contributed by atoms with E-state index < -0.39 is 12.0 Å². The lowest BCUT2D eigenvalue weighted by Gasteiger charge is -2.32. The van der Waals surface area contributed by atoms with Crippen LogP contribution in [0.4, 0.5) is 5.13 Å². The quantitative estimate of drug-likeness (QED) is 0.880. The second kappa shape index (κ2) is 5.12. The Kier molecular flexibility index (Phi) is 3.42. The van der Waals surface area contributed by atoms with Crippen LogP contribution in [0.1, 0.15) is 31.8 Å². The molecule has 0 radical (unpaired) electrons. The van der Waals surface area contributed by atoms with Gasteiger partial charge < -0.3 is 15.7 Å². The SMILES string of the molecule is Cc1nc(N)sc1C(=O)N1CCc2sccc2C1C(=O)O. The number of carboxylic acids is 1. The van der Waals surface area contributed by atoms with Crippen LogP contribution in [-0.4, -0.2) is 33.4 Å². The smallest absolute Gasteiger partial charge is 0.331 e. The first kappa shape index (κ1) is 14.0. The van der Waals surface area contributed by atoms with E-state index in [0.717, 1.165) is 16.2 Å². The minimum absolute atomic E-state index is 0.314. The number of fused-ring (bicyclic) bond motifs is 1. The van der Waals surface area contributed by atoms with E-state index in [1.807, 2.05) is 5.38 Å². The molecule has 3 rings (SSSR count). The first-order chi connectivity index (χ1) is 9.99. The summed E-state index contributed by atoms with van der Waals surface area (Å²) >= 11 is 2.63. The highest BCUT2D eigenvalue weighted by Gasteiger charge is 2.38. The van der Waals surface area contributed by atoms with Gasteiger partial charge in [-0.05, 0) is 30.4 Å². The van der Waals surface area contributed by atoms with Crippen LogP contribution in [0.2, 0.25) is 0 Å². The average Bonchev–Trinajstić information content (AvgIpc) is 3.02. The summed E-state index contributed by atoms with van der Waals surface area (Å²) in [4.78, 5) is 31.2. The summed E-state index contributed by atoms with van der Waals surface area (Å²) in [7, 11) is 0. The predicted octanol–water partition coefficient (Wildman–Crippen LogP) is 1.92. The zero-order valence-corrected chi connectivity index (χ0v) is 12.8. The van der Waals surface area contributed by atoms with Gasteiger partial charge in [0.2, 0.25) is 0 Å². The van der Waals surface area contributed by atoms with Crippen molar-refractivity contribution in [1.82, 2.24) is 9.88 Å². The average molecular weight is 323 g/mol. The number of hydrogen-bond acceptors (Lipinski definition) is 6. The predicted molar refractivity (Wildman–Crippen MR) is 80.7 cm³/mol. The summed E-state index contributed by atoms with van der Waals surface area (Å²) in [6, 6.07) is 0.849. The Labute approximate surface area is 128 Å². The number of nitrogens with zero attached hydrogens (tertiary/aromatic N) is 2. The summed E-state index contributed by atoms with van der Waals surface area (Å²) < 4.78 is 0. The number of hydrogen-bond donors (Lipinski definition) is 2. The van der Waals surface area contributed by atoms with Gasteiger partial charge in [0.15, 0.2) is 11.2 Å². The van der Waals surface area contributed by atoms with Gasteiger partial charge in [-0.3, -0.25) is 4.79 Å². The van der Waals surface area contributed by atoms with Crippen molar-refractivity contribution in [2.24, 2.45) is 0 Å². The van der Waals surface area contributed by atoms with E-state index in [1.54, 1.807) is 13.0 Å². The lowest BCUT2D eigenvalue weighted by atomic mass is 9.99. The Hall–Kier alpha value is -1.93. The number of nitrogen functional groups attached to an aromatic ring is 1. The Bertz CT molecular complexity index is 722. The van der Waals surface area contributed by atoms with Crippen molar-refractivity contribution in [2.45, 2.75) is 19.4 Å². The first-order valence-corrected chi connectivity index (χ1v) is 8.01. The van der Waals surface area contributed by atoms with Crippen LogP contribution >= 0.6 is 22.7 Å². The van der Waals surface area contributed by atoms with Crippen LogP contribution in [0.3, 0.4) is 0 Å². The zero-order chi connectivity index (χ0) is 15.1. The van der Waals surface area contributed by atoms with Crippen molar-refractivity contribution in [3.05, 3.63) is 32.5 Å². The Morgan fingerprint density at radius 3 is 2.90 bits per heavy atom. The molecule has 0 aliphatic carbocycles. The second-order valence-corrected chi connectivity index (χ2v) is 6.79. The van der Waals surface area contributed by atoms with Crippen molar-refractivity contribution in [1.29, 1.82) is 0 Å². The molecule has 2 aromatic rings. The van der Waals surface area contributed by atoms with Crippen molar-refractivity contribution in [3.63, 3.8) is 0 Å². The maximum Gasteiger partial charge on any atom is 0.331 e. The van der Waals surface area contributed by atoms with E-state index in [1.165, 1.54) is 16.2 Å². The standard InChI is InChI=1S/C13H13N3O3S2/c1-6-10(21-13(14)15-6)11(17)16-4-2-8-7(3-5-20-8)9(16)12(18)19/h3,5,9H,2,4H2,1H3,(H2,14,15)(H,18,19). The van der Waals surface area contributed by atoms with Gasteiger partial charge in [0, 0.05) is 11.4 Å². The molecule has 0 bridgehead atoms. The lowest BCUT2D eigenvalue weighted by molar-refractivity contribution is -0.142. The molecule has 1 unspecified atom stereocenters.